The van der Waals surface area contributed by atoms with Gasteiger partial charge in [-0.05, 0) is 11.6 Å². The van der Waals surface area contributed by atoms with Crippen molar-refractivity contribution in [2.45, 2.75) is 12.5 Å². The molecule has 1 aromatic heterocycles. The molecule has 4 N–H and O–H groups in total. The van der Waals surface area contributed by atoms with Gasteiger partial charge >= 0.3 is 5.97 Å². The number of rotatable bonds is 3. The predicted molar refractivity (Wildman–Crippen MR) is 44.7 cm³/mol. The SMILES string of the molecule is N#Cc1cc([C@@H](N)CC(=O)O)c[nH]1. The van der Waals surface area contributed by atoms with Gasteiger partial charge in [-0.3, -0.25) is 4.79 Å². The molecule has 5 heteroatoms. The number of nitrogens with one attached hydrogen (secondary N) is 1. The van der Waals surface area contributed by atoms with E-state index in [0.717, 1.165) is 0 Å². The Morgan fingerprint density at radius 3 is 3.00 bits per heavy atom. The van der Waals surface area contributed by atoms with Crippen LogP contribution in [0.1, 0.15) is 23.7 Å². The van der Waals surface area contributed by atoms with Gasteiger partial charge in [0.15, 0.2) is 0 Å². The van der Waals surface area contributed by atoms with Crippen molar-refractivity contribution in [3.05, 3.63) is 23.5 Å². The standard InChI is InChI=1S/C8H9N3O2/c9-3-6-1-5(4-11-6)7(10)2-8(12)13/h1,4,7,11H,2,10H2,(H,12,13)/t7-/m0/s1. The van der Waals surface area contributed by atoms with Crippen LogP contribution < -0.4 is 5.73 Å². The molecule has 0 unspecified atom stereocenters. The van der Waals surface area contributed by atoms with Crippen molar-refractivity contribution in [3.8, 4) is 6.07 Å². The Labute approximate surface area is 74.8 Å². The minimum Gasteiger partial charge on any atom is -0.481 e. The van der Waals surface area contributed by atoms with Crippen LogP contribution in [0.25, 0.3) is 0 Å². The first-order valence-electron chi connectivity index (χ1n) is 3.69. The number of H-pyrrole nitrogens is 1. The van der Waals surface area contributed by atoms with Crippen molar-refractivity contribution in [1.82, 2.24) is 4.98 Å². The second-order valence-corrected chi connectivity index (χ2v) is 2.66. The number of nitriles is 1. The zero-order valence-corrected chi connectivity index (χ0v) is 6.82. The first kappa shape index (κ1) is 9.29. The highest BCUT2D eigenvalue weighted by molar-refractivity contribution is 5.67. The molecule has 0 spiro atoms. The summed E-state index contributed by atoms with van der Waals surface area (Å²) in [6.07, 6.45) is 1.41. The molecule has 0 aliphatic rings. The molecule has 0 aromatic carbocycles. The Hall–Kier alpha value is -1.80. The molecule has 0 amide bonds. The number of carbonyl (C=O) groups is 1. The van der Waals surface area contributed by atoms with Crippen LogP contribution in [0.15, 0.2) is 12.3 Å². The molecule has 0 bridgehead atoms. The van der Waals surface area contributed by atoms with E-state index >= 15 is 0 Å². The molecular weight excluding hydrogens is 170 g/mol. The average Bonchev–Trinajstić information content (AvgIpc) is 2.50. The topological polar surface area (TPSA) is 103 Å². The maximum atomic E-state index is 10.3. The van der Waals surface area contributed by atoms with E-state index in [4.69, 9.17) is 16.1 Å². The highest BCUT2D eigenvalue weighted by atomic mass is 16.4. The summed E-state index contributed by atoms with van der Waals surface area (Å²) in [7, 11) is 0. The molecule has 0 saturated heterocycles. The van der Waals surface area contributed by atoms with Crippen molar-refractivity contribution < 1.29 is 9.90 Å². The van der Waals surface area contributed by atoms with Crippen molar-refractivity contribution in [1.29, 1.82) is 5.26 Å². The summed E-state index contributed by atoms with van der Waals surface area (Å²) >= 11 is 0. The van der Waals surface area contributed by atoms with Crippen LogP contribution >= 0.6 is 0 Å². The molecule has 0 radical (unpaired) electrons. The van der Waals surface area contributed by atoms with E-state index in [1.807, 2.05) is 6.07 Å². The fourth-order valence-corrected chi connectivity index (χ4v) is 0.996. The number of carboxylic acid groups (broad SMARTS) is 1. The summed E-state index contributed by atoms with van der Waals surface area (Å²) in [5.41, 5.74) is 6.58. The second-order valence-electron chi connectivity index (χ2n) is 2.66. The normalized spacial score (nSPS) is 12.0. The van der Waals surface area contributed by atoms with Crippen LogP contribution in [0.3, 0.4) is 0 Å². The first-order chi connectivity index (χ1) is 6.13. The van der Waals surface area contributed by atoms with E-state index in [1.165, 1.54) is 0 Å². The summed E-state index contributed by atoms with van der Waals surface area (Å²) in [6, 6.07) is 2.89. The first-order valence-corrected chi connectivity index (χ1v) is 3.69. The summed E-state index contributed by atoms with van der Waals surface area (Å²) < 4.78 is 0. The molecule has 1 aromatic rings. The predicted octanol–water partition coefficient (Wildman–Crippen LogP) is 0.361. The number of aromatic nitrogens is 1. The molecule has 0 saturated carbocycles. The number of hydrogen-bond acceptors (Lipinski definition) is 3. The third-order valence-electron chi connectivity index (χ3n) is 1.65. The lowest BCUT2D eigenvalue weighted by atomic mass is 10.1. The van der Waals surface area contributed by atoms with Crippen molar-refractivity contribution in [3.63, 3.8) is 0 Å². The molecule has 1 rings (SSSR count). The summed E-state index contributed by atoms with van der Waals surface area (Å²) in [6.45, 7) is 0. The van der Waals surface area contributed by atoms with Crippen molar-refractivity contribution in [2.24, 2.45) is 5.73 Å². The molecule has 5 nitrogen and oxygen atoms in total. The number of nitrogens with zero attached hydrogens (tertiary/aromatic N) is 1. The Bertz CT molecular complexity index is 351. The van der Waals surface area contributed by atoms with Gasteiger partial charge in [0.2, 0.25) is 0 Å². The van der Waals surface area contributed by atoms with Crippen molar-refractivity contribution >= 4 is 5.97 Å². The highest BCUT2D eigenvalue weighted by Crippen LogP contribution is 2.14. The molecule has 1 atom stereocenters. The third-order valence-corrected chi connectivity index (χ3v) is 1.65. The van der Waals surface area contributed by atoms with Gasteiger partial charge < -0.3 is 15.8 Å². The smallest absolute Gasteiger partial charge is 0.305 e. The lowest BCUT2D eigenvalue weighted by Gasteiger charge is -2.04. The number of nitrogens with two attached hydrogens (primary N) is 1. The Morgan fingerprint density at radius 1 is 1.85 bits per heavy atom. The van der Waals surface area contributed by atoms with E-state index in [9.17, 15) is 4.79 Å². The lowest BCUT2D eigenvalue weighted by Crippen LogP contribution is -2.14. The Morgan fingerprint density at radius 2 is 2.54 bits per heavy atom. The third kappa shape index (κ3) is 2.32. The monoisotopic (exact) mass is 179 g/mol. The maximum absolute atomic E-state index is 10.3. The minimum atomic E-state index is -0.952. The van der Waals surface area contributed by atoms with Crippen molar-refractivity contribution in [2.75, 3.05) is 0 Å². The number of aliphatic carboxylic acids is 1. The van der Waals surface area contributed by atoms with Crippen LogP contribution in [0.4, 0.5) is 0 Å². The van der Waals surface area contributed by atoms with Gasteiger partial charge in [0.1, 0.15) is 11.8 Å². The van der Waals surface area contributed by atoms with Gasteiger partial charge in [0.05, 0.1) is 6.42 Å². The number of hydrogen-bond donors (Lipinski definition) is 3. The molecule has 0 fully saturated rings. The minimum absolute atomic E-state index is 0.136. The maximum Gasteiger partial charge on any atom is 0.305 e. The Kier molecular flexibility index (Phi) is 2.67. The van der Waals surface area contributed by atoms with Crippen LogP contribution in [-0.4, -0.2) is 16.1 Å². The number of aromatic amines is 1. The summed E-state index contributed by atoms with van der Waals surface area (Å²) in [5, 5.41) is 16.9. The Balaban J connectivity index is 2.72. The zero-order valence-electron chi connectivity index (χ0n) is 6.82. The molecule has 13 heavy (non-hydrogen) atoms. The van der Waals surface area contributed by atoms with Gasteiger partial charge in [-0.25, -0.2) is 0 Å². The fourth-order valence-electron chi connectivity index (χ4n) is 0.996. The van der Waals surface area contributed by atoms with E-state index in [1.54, 1.807) is 12.3 Å². The van der Waals surface area contributed by atoms with E-state index < -0.39 is 12.0 Å². The van der Waals surface area contributed by atoms with Gasteiger partial charge in [-0.1, -0.05) is 0 Å². The molecule has 0 aliphatic carbocycles. The fraction of sp³-hybridized carbons (Fsp3) is 0.250. The summed E-state index contributed by atoms with van der Waals surface area (Å²) in [4.78, 5) is 13.0. The number of carboxylic acids is 1. The van der Waals surface area contributed by atoms with E-state index in [0.29, 0.717) is 11.3 Å². The van der Waals surface area contributed by atoms with Crippen LogP contribution in [0, 0.1) is 11.3 Å². The lowest BCUT2D eigenvalue weighted by molar-refractivity contribution is -0.137. The molecule has 0 aliphatic heterocycles. The average molecular weight is 179 g/mol. The molecule has 68 valence electrons. The van der Waals surface area contributed by atoms with Gasteiger partial charge in [-0.15, -0.1) is 0 Å². The van der Waals surface area contributed by atoms with Crippen LogP contribution in [0.5, 0.6) is 0 Å². The summed E-state index contributed by atoms with van der Waals surface area (Å²) in [5.74, 6) is -0.952. The largest absolute Gasteiger partial charge is 0.481 e. The zero-order chi connectivity index (χ0) is 9.84. The van der Waals surface area contributed by atoms with Crippen LogP contribution in [-0.2, 0) is 4.79 Å². The van der Waals surface area contributed by atoms with E-state index in [-0.39, 0.29) is 6.42 Å². The quantitative estimate of drug-likeness (QED) is 0.623. The van der Waals surface area contributed by atoms with Gasteiger partial charge in [0, 0.05) is 12.2 Å². The van der Waals surface area contributed by atoms with E-state index in [2.05, 4.69) is 4.98 Å². The highest BCUT2D eigenvalue weighted by Gasteiger charge is 2.11. The van der Waals surface area contributed by atoms with Gasteiger partial charge in [0.25, 0.3) is 0 Å². The van der Waals surface area contributed by atoms with Gasteiger partial charge in [-0.2, -0.15) is 5.26 Å². The second kappa shape index (κ2) is 3.74. The molecular formula is C8H9N3O2. The molecule has 1 heterocycles. The van der Waals surface area contributed by atoms with Crippen LogP contribution in [0.2, 0.25) is 0 Å².